The molecule has 5 rings (SSSR count). The molecule has 2 heterocycles. The Morgan fingerprint density at radius 1 is 1.00 bits per heavy atom. The molecule has 1 aliphatic heterocycles. The van der Waals surface area contributed by atoms with Crippen molar-refractivity contribution in [3.05, 3.63) is 88.5 Å². The third kappa shape index (κ3) is 4.23. The minimum Gasteiger partial charge on any atom is -0.507 e. The molecule has 0 spiro atoms. The fourth-order valence-electron chi connectivity index (χ4n) is 4.51. The normalized spacial score (nSPS) is 17.0. The average molecular weight is 515 g/mol. The van der Waals surface area contributed by atoms with Gasteiger partial charge in [0.2, 0.25) is 0 Å². The summed E-state index contributed by atoms with van der Waals surface area (Å²) in [7, 11) is 3.05. The molecule has 1 saturated heterocycles. The van der Waals surface area contributed by atoms with Crippen LogP contribution in [0.2, 0.25) is 0 Å². The fraction of sp³-hybridized carbons (Fsp3) is 0.207. The number of ketones is 1. The van der Waals surface area contributed by atoms with E-state index in [4.69, 9.17) is 14.5 Å². The van der Waals surface area contributed by atoms with Crippen LogP contribution in [0.15, 0.2) is 66.2 Å². The first-order valence-corrected chi connectivity index (χ1v) is 12.7. The van der Waals surface area contributed by atoms with Gasteiger partial charge in [-0.25, -0.2) is 4.98 Å². The number of rotatable bonds is 6. The van der Waals surface area contributed by atoms with Crippen LogP contribution in [-0.4, -0.2) is 36.0 Å². The smallest absolute Gasteiger partial charge is 0.301 e. The van der Waals surface area contributed by atoms with Crippen LogP contribution in [0.5, 0.6) is 11.5 Å². The first-order valence-electron chi connectivity index (χ1n) is 11.9. The molecule has 37 heavy (non-hydrogen) atoms. The van der Waals surface area contributed by atoms with Gasteiger partial charge in [0.25, 0.3) is 5.78 Å². The first-order chi connectivity index (χ1) is 17.9. The molecule has 7 nitrogen and oxygen atoms in total. The highest BCUT2D eigenvalue weighted by atomic mass is 32.1. The van der Waals surface area contributed by atoms with E-state index in [1.54, 1.807) is 30.3 Å². The van der Waals surface area contributed by atoms with E-state index in [1.165, 1.54) is 30.5 Å². The van der Waals surface area contributed by atoms with Crippen molar-refractivity contribution in [3.63, 3.8) is 0 Å². The molecular formula is C29H26N2O5S. The van der Waals surface area contributed by atoms with Gasteiger partial charge in [0.05, 0.1) is 36.1 Å². The fourth-order valence-corrected chi connectivity index (χ4v) is 5.57. The molecule has 1 aliphatic rings. The first kappa shape index (κ1) is 24.5. The van der Waals surface area contributed by atoms with Crippen molar-refractivity contribution in [3.8, 4) is 11.5 Å². The zero-order valence-electron chi connectivity index (χ0n) is 20.9. The monoisotopic (exact) mass is 514 g/mol. The van der Waals surface area contributed by atoms with E-state index in [0.29, 0.717) is 27.8 Å². The number of aryl methyl sites for hydroxylation is 2. The van der Waals surface area contributed by atoms with E-state index < -0.39 is 17.7 Å². The van der Waals surface area contributed by atoms with Gasteiger partial charge in [0.1, 0.15) is 5.76 Å². The zero-order valence-corrected chi connectivity index (χ0v) is 21.8. The zero-order chi connectivity index (χ0) is 26.3. The Hall–Kier alpha value is -4.17. The Labute approximate surface area is 218 Å². The molecule has 1 amide bonds. The number of amides is 1. The second kappa shape index (κ2) is 9.71. The molecule has 0 bridgehead atoms. The molecule has 1 N–H and O–H groups in total. The van der Waals surface area contributed by atoms with Gasteiger partial charge in [-0.1, -0.05) is 60.2 Å². The van der Waals surface area contributed by atoms with E-state index in [0.717, 1.165) is 27.8 Å². The van der Waals surface area contributed by atoms with Gasteiger partial charge in [-0.15, -0.1) is 0 Å². The van der Waals surface area contributed by atoms with Gasteiger partial charge < -0.3 is 14.6 Å². The number of ether oxygens (including phenoxy) is 2. The topological polar surface area (TPSA) is 89.0 Å². The number of aliphatic hydroxyl groups excluding tert-OH is 1. The number of aliphatic hydroxyl groups is 1. The summed E-state index contributed by atoms with van der Waals surface area (Å²) >= 11 is 1.34. The maximum absolute atomic E-state index is 13.5. The molecule has 1 aromatic heterocycles. The van der Waals surface area contributed by atoms with Gasteiger partial charge in [-0.3, -0.25) is 14.5 Å². The largest absolute Gasteiger partial charge is 0.507 e. The number of fused-ring (bicyclic) bond motifs is 1. The summed E-state index contributed by atoms with van der Waals surface area (Å²) in [5.74, 6) is -0.809. The average Bonchev–Trinajstić information content (AvgIpc) is 3.45. The van der Waals surface area contributed by atoms with Crippen LogP contribution < -0.4 is 14.4 Å². The lowest BCUT2D eigenvalue weighted by atomic mass is 9.95. The summed E-state index contributed by atoms with van der Waals surface area (Å²) in [6.07, 6.45) is 0.871. The quantitative estimate of drug-likeness (QED) is 0.198. The number of benzene rings is 3. The van der Waals surface area contributed by atoms with Crippen molar-refractivity contribution in [1.82, 2.24) is 4.98 Å². The van der Waals surface area contributed by atoms with Gasteiger partial charge in [0.15, 0.2) is 16.6 Å². The van der Waals surface area contributed by atoms with Crippen LogP contribution in [0.25, 0.3) is 16.0 Å². The summed E-state index contributed by atoms with van der Waals surface area (Å²) in [6, 6.07) is 17.4. The number of nitrogens with zero attached hydrogens (tertiary/aromatic N) is 2. The highest BCUT2D eigenvalue weighted by molar-refractivity contribution is 7.22. The van der Waals surface area contributed by atoms with Gasteiger partial charge in [-0.2, -0.15) is 0 Å². The van der Waals surface area contributed by atoms with Crippen molar-refractivity contribution in [2.45, 2.75) is 26.3 Å². The number of hydrogen-bond acceptors (Lipinski definition) is 7. The van der Waals surface area contributed by atoms with Gasteiger partial charge >= 0.3 is 5.91 Å². The standard InChI is InChI=1S/C29H26N2O5S/c1-5-17-8-12-20-23(14-17)37-29(30-20)31-25(19-11-13-21(35-3)22(15-19)36-4)24(27(33)28(31)34)26(32)18-9-6-16(2)7-10-18/h6-15,25,32H,5H2,1-4H3. The van der Waals surface area contributed by atoms with E-state index in [2.05, 4.69) is 6.92 Å². The number of carbonyl (C=O) groups excluding carboxylic acids is 2. The maximum Gasteiger partial charge on any atom is 0.301 e. The Bertz CT molecular complexity index is 1550. The van der Waals surface area contributed by atoms with Crippen LogP contribution in [0.4, 0.5) is 5.13 Å². The van der Waals surface area contributed by atoms with Crippen molar-refractivity contribution in [1.29, 1.82) is 0 Å². The SMILES string of the molecule is CCc1ccc2nc(N3C(=O)C(=O)C(=C(O)c4ccc(C)cc4)C3c3ccc(OC)c(OC)c3)sc2c1. The van der Waals surface area contributed by atoms with Crippen LogP contribution >= 0.6 is 11.3 Å². The minimum atomic E-state index is -0.910. The number of methoxy groups -OCH3 is 2. The van der Waals surface area contributed by atoms with Gasteiger partial charge in [-0.05, 0) is 48.7 Å². The van der Waals surface area contributed by atoms with Crippen molar-refractivity contribution < 1.29 is 24.2 Å². The molecule has 8 heteroatoms. The third-order valence-electron chi connectivity index (χ3n) is 6.55. The Balaban J connectivity index is 1.73. The minimum absolute atomic E-state index is 0.00502. The molecule has 0 saturated carbocycles. The number of anilines is 1. The molecule has 1 atom stereocenters. The van der Waals surface area contributed by atoms with Crippen LogP contribution in [0.1, 0.15) is 35.2 Å². The third-order valence-corrected chi connectivity index (χ3v) is 7.57. The number of hydrogen-bond donors (Lipinski definition) is 1. The number of carbonyl (C=O) groups is 2. The highest BCUT2D eigenvalue weighted by Crippen LogP contribution is 2.45. The lowest BCUT2D eigenvalue weighted by Gasteiger charge is -2.23. The summed E-state index contributed by atoms with van der Waals surface area (Å²) in [4.78, 5) is 33.0. The predicted molar refractivity (Wildman–Crippen MR) is 145 cm³/mol. The molecule has 3 aromatic carbocycles. The summed E-state index contributed by atoms with van der Waals surface area (Å²) in [5, 5.41) is 11.7. The number of Topliss-reactive ketones (excluding diaryl/α,β-unsaturated/α-hetero) is 1. The number of aromatic nitrogens is 1. The lowest BCUT2D eigenvalue weighted by Crippen LogP contribution is -2.29. The van der Waals surface area contributed by atoms with Crippen LogP contribution in [-0.2, 0) is 16.0 Å². The highest BCUT2D eigenvalue weighted by Gasteiger charge is 2.48. The van der Waals surface area contributed by atoms with E-state index in [1.807, 2.05) is 37.3 Å². The second-order valence-electron chi connectivity index (χ2n) is 8.80. The molecule has 1 unspecified atom stereocenters. The Kier molecular flexibility index (Phi) is 6.43. The van der Waals surface area contributed by atoms with Crippen molar-refractivity contribution in [2.24, 2.45) is 0 Å². The molecule has 0 radical (unpaired) electrons. The molecular weight excluding hydrogens is 488 g/mol. The lowest BCUT2D eigenvalue weighted by molar-refractivity contribution is -0.132. The van der Waals surface area contributed by atoms with Crippen LogP contribution in [0, 0.1) is 6.92 Å². The van der Waals surface area contributed by atoms with E-state index in [9.17, 15) is 14.7 Å². The predicted octanol–water partition coefficient (Wildman–Crippen LogP) is 5.81. The van der Waals surface area contributed by atoms with Gasteiger partial charge in [0, 0.05) is 5.56 Å². The maximum atomic E-state index is 13.5. The molecule has 0 aliphatic carbocycles. The Morgan fingerprint density at radius 2 is 1.73 bits per heavy atom. The van der Waals surface area contributed by atoms with Crippen molar-refractivity contribution in [2.75, 3.05) is 19.1 Å². The summed E-state index contributed by atoms with van der Waals surface area (Å²) in [6.45, 7) is 4.01. The molecule has 1 fully saturated rings. The van der Waals surface area contributed by atoms with Crippen LogP contribution in [0.3, 0.4) is 0 Å². The summed E-state index contributed by atoms with van der Waals surface area (Å²) < 4.78 is 11.8. The Morgan fingerprint density at radius 3 is 2.41 bits per heavy atom. The second-order valence-corrected chi connectivity index (χ2v) is 9.81. The number of thiazole rings is 1. The molecule has 4 aromatic rings. The van der Waals surface area contributed by atoms with E-state index >= 15 is 0 Å². The van der Waals surface area contributed by atoms with E-state index in [-0.39, 0.29) is 11.3 Å². The van der Waals surface area contributed by atoms with Crippen molar-refractivity contribution >= 4 is 44.1 Å². The molecule has 188 valence electrons. The summed E-state index contributed by atoms with van der Waals surface area (Å²) in [5.41, 5.74) is 3.93.